The zero-order valence-corrected chi connectivity index (χ0v) is 16.5. The van der Waals surface area contributed by atoms with Gasteiger partial charge in [0.25, 0.3) is 0 Å². The molecule has 30 heavy (non-hydrogen) atoms. The number of pyridine rings is 2. The van der Waals surface area contributed by atoms with E-state index < -0.39 is 0 Å². The molecule has 7 nitrogen and oxygen atoms in total. The summed E-state index contributed by atoms with van der Waals surface area (Å²) in [7, 11) is 0. The Kier molecular flexibility index (Phi) is 3.97. The van der Waals surface area contributed by atoms with E-state index in [1.165, 1.54) is 24.9 Å². The first-order valence-corrected chi connectivity index (χ1v) is 10.4. The lowest BCUT2D eigenvalue weighted by atomic mass is 10.0. The zero-order valence-electron chi connectivity index (χ0n) is 16.5. The predicted molar refractivity (Wildman–Crippen MR) is 118 cm³/mol. The molecule has 0 unspecified atom stereocenters. The van der Waals surface area contributed by atoms with Gasteiger partial charge in [-0.2, -0.15) is 5.10 Å². The number of nitrogens with zero attached hydrogens (tertiary/aromatic N) is 5. The van der Waals surface area contributed by atoms with Gasteiger partial charge in [-0.05, 0) is 49.1 Å². The lowest BCUT2D eigenvalue weighted by Gasteiger charge is -2.28. The average molecular weight is 395 g/mol. The normalized spacial score (nSPS) is 14.6. The van der Waals surface area contributed by atoms with Gasteiger partial charge in [-0.1, -0.05) is 12.1 Å². The van der Waals surface area contributed by atoms with E-state index in [4.69, 9.17) is 4.98 Å². The van der Waals surface area contributed by atoms with Crippen molar-refractivity contribution in [3.63, 3.8) is 0 Å². The SMILES string of the molecule is c1cncc(-c2ccc3[nH]nc(-c4nc5nccc(N6CCCCC6)c5[nH]4)c3c2)c1. The molecule has 1 fully saturated rings. The Labute approximate surface area is 173 Å². The second-order valence-corrected chi connectivity index (χ2v) is 7.74. The van der Waals surface area contributed by atoms with Gasteiger partial charge in [-0.25, -0.2) is 9.97 Å². The van der Waals surface area contributed by atoms with Gasteiger partial charge in [0.05, 0.1) is 11.2 Å². The number of benzene rings is 1. The molecule has 148 valence electrons. The van der Waals surface area contributed by atoms with Gasteiger partial charge < -0.3 is 9.88 Å². The van der Waals surface area contributed by atoms with E-state index in [1.54, 1.807) is 6.20 Å². The average Bonchev–Trinajstić information content (AvgIpc) is 3.43. The van der Waals surface area contributed by atoms with Crippen molar-refractivity contribution < 1.29 is 0 Å². The molecule has 1 aliphatic heterocycles. The van der Waals surface area contributed by atoms with Crippen molar-refractivity contribution >= 4 is 27.8 Å². The van der Waals surface area contributed by atoms with Crippen molar-refractivity contribution in [3.8, 4) is 22.6 Å². The lowest BCUT2D eigenvalue weighted by molar-refractivity contribution is 0.578. The number of aromatic amines is 2. The molecule has 6 rings (SSSR count). The van der Waals surface area contributed by atoms with Gasteiger partial charge in [-0.3, -0.25) is 10.1 Å². The maximum atomic E-state index is 4.78. The number of nitrogens with one attached hydrogen (secondary N) is 2. The monoisotopic (exact) mass is 395 g/mol. The summed E-state index contributed by atoms with van der Waals surface area (Å²) in [6.07, 6.45) is 9.26. The zero-order chi connectivity index (χ0) is 19.9. The van der Waals surface area contributed by atoms with Crippen molar-refractivity contribution in [2.75, 3.05) is 18.0 Å². The molecule has 0 aliphatic carbocycles. The molecule has 5 heterocycles. The van der Waals surface area contributed by atoms with Crippen LogP contribution in [0.15, 0.2) is 55.0 Å². The molecule has 1 saturated heterocycles. The fourth-order valence-electron chi connectivity index (χ4n) is 4.32. The Morgan fingerprint density at radius 1 is 0.933 bits per heavy atom. The minimum atomic E-state index is 0.729. The molecule has 0 bridgehead atoms. The second-order valence-electron chi connectivity index (χ2n) is 7.74. The van der Waals surface area contributed by atoms with E-state index >= 15 is 0 Å². The molecular weight excluding hydrogens is 374 g/mol. The van der Waals surface area contributed by atoms with Gasteiger partial charge in [0.15, 0.2) is 11.5 Å². The van der Waals surface area contributed by atoms with Crippen LogP contribution in [0.4, 0.5) is 5.69 Å². The van der Waals surface area contributed by atoms with E-state index in [0.29, 0.717) is 0 Å². The molecule has 7 heteroatoms. The Balaban J connectivity index is 1.47. The fraction of sp³-hybridized carbons (Fsp3) is 0.217. The number of anilines is 1. The molecule has 1 aliphatic rings. The Morgan fingerprint density at radius 2 is 1.87 bits per heavy atom. The molecule has 0 amide bonds. The molecule has 0 atom stereocenters. The van der Waals surface area contributed by atoms with E-state index in [9.17, 15) is 0 Å². The van der Waals surface area contributed by atoms with Crippen LogP contribution in [0, 0.1) is 0 Å². The van der Waals surface area contributed by atoms with E-state index in [1.807, 2.05) is 24.5 Å². The van der Waals surface area contributed by atoms with Gasteiger partial charge in [-0.15, -0.1) is 0 Å². The first-order chi connectivity index (χ1) is 14.9. The number of piperidine rings is 1. The smallest absolute Gasteiger partial charge is 0.180 e. The summed E-state index contributed by atoms with van der Waals surface area (Å²) in [5.41, 5.74) is 6.84. The first kappa shape index (κ1) is 17.1. The Morgan fingerprint density at radius 3 is 2.73 bits per heavy atom. The summed E-state index contributed by atoms with van der Waals surface area (Å²) < 4.78 is 0. The van der Waals surface area contributed by atoms with E-state index in [0.717, 1.165) is 57.8 Å². The van der Waals surface area contributed by atoms with Crippen molar-refractivity contribution in [1.82, 2.24) is 30.1 Å². The highest BCUT2D eigenvalue weighted by molar-refractivity contribution is 5.96. The number of hydrogen-bond donors (Lipinski definition) is 2. The Bertz CT molecular complexity index is 1330. The second kappa shape index (κ2) is 6.95. The van der Waals surface area contributed by atoms with E-state index in [2.05, 4.69) is 54.3 Å². The number of fused-ring (bicyclic) bond motifs is 2. The predicted octanol–water partition coefficient (Wildman–Crippen LogP) is 4.55. The van der Waals surface area contributed by atoms with Crippen LogP contribution in [0.2, 0.25) is 0 Å². The molecule has 1 aromatic carbocycles. The maximum absolute atomic E-state index is 4.78. The van der Waals surface area contributed by atoms with Crippen LogP contribution in [0.25, 0.3) is 44.7 Å². The highest BCUT2D eigenvalue weighted by atomic mass is 15.2. The molecule has 4 aromatic heterocycles. The van der Waals surface area contributed by atoms with Crippen LogP contribution in [0.5, 0.6) is 0 Å². The van der Waals surface area contributed by atoms with Crippen molar-refractivity contribution in [2.24, 2.45) is 0 Å². The van der Waals surface area contributed by atoms with Crippen LogP contribution in [0.1, 0.15) is 19.3 Å². The highest BCUT2D eigenvalue weighted by Gasteiger charge is 2.19. The molecule has 0 saturated carbocycles. The molecule has 5 aromatic rings. The number of rotatable bonds is 3. The summed E-state index contributed by atoms with van der Waals surface area (Å²) in [5.74, 6) is 0.733. The fourth-order valence-corrected chi connectivity index (χ4v) is 4.32. The summed E-state index contributed by atoms with van der Waals surface area (Å²) >= 11 is 0. The third-order valence-corrected chi connectivity index (χ3v) is 5.85. The molecule has 2 N–H and O–H groups in total. The summed E-state index contributed by atoms with van der Waals surface area (Å²) in [6.45, 7) is 2.15. The molecule has 0 radical (unpaired) electrons. The third kappa shape index (κ3) is 2.82. The minimum absolute atomic E-state index is 0.729. The van der Waals surface area contributed by atoms with Crippen LogP contribution in [0.3, 0.4) is 0 Å². The Hall–Kier alpha value is -3.74. The van der Waals surface area contributed by atoms with Gasteiger partial charge in [0.2, 0.25) is 0 Å². The largest absolute Gasteiger partial charge is 0.370 e. The highest BCUT2D eigenvalue weighted by Crippen LogP contribution is 2.32. The topological polar surface area (TPSA) is 86.4 Å². The number of hydrogen-bond acceptors (Lipinski definition) is 5. The summed E-state index contributed by atoms with van der Waals surface area (Å²) in [4.78, 5) is 19.4. The van der Waals surface area contributed by atoms with Gasteiger partial charge >= 0.3 is 0 Å². The van der Waals surface area contributed by atoms with Crippen molar-refractivity contribution in [3.05, 3.63) is 55.0 Å². The number of imidazole rings is 1. The summed E-state index contributed by atoms with van der Waals surface area (Å²) in [6, 6.07) is 12.4. The quantitative estimate of drug-likeness (QED) is 0.468. The number of aromatic nitrogens is 6. The lowest BCUT2D eigenvalue weighted by Crippen LogP contribution is -2.29. The standard InChI is InChI=1S/C23H21N7/c1-2-11-30(12-3-1)19-8-10-25-22-21(19)26-23(27-22)20-17-13-15(6-7-18(17)28-29-20)16-5-4-9-24-14-16/h4-10,13-14H,1-3,11-12H2,(H,28,29)(H,25,26,27). The van der Waals surface area contributed by atoms with Crippen molar-refractivity contribution in [2.45, 2.75) is 19.3 Å². The summed E-state index contributed by atoms with van der Waals surface area (Å²) in [5, 5.41) is 8.72. The van der Waals surface area contributed by atoms with Crippen molar-refractivity contribution in [1.29, 1.82) is 0 Å². The first-order valence-electron chi connectivity index (χ1n) is 10.4. The maximum Gasteiger partial charge on any atom is 0.180 e. The number of H-pyrrole nitrogens is 2. The minimum Gasteiger partial charge on any atom is -0.370 e. The van der Waals surface area contributed by atoms with Crippen LogP contribution >= 0.6 is 0 Å². The third-order valence-electron chi connectivity index (χ3n) is 5.85. The van der Waals surface area contributed by atoms with Crippen LogP contribution in [-0.2, 0) is 0 Å². The van der Waals surface area contributed by atoms with Gasteiger partial charge in [0.1, 0.15) is 11.2 Å². The van der Waals surface area contributed by atoms with Gasteiger partial charge in [0, 0.05) is 42.6 Å². The van der Waals surface area contributed by atoms with Crippen LogP contribution < -0.4 is 4.90 Å². The van der Waals surface area contributed by atoms with E-state index in [-0.39, 0.29) is 0 Å². The molecule has 0 spiro atoms. The van der Waals surface area contributed by atoms with Crippen LogP contribution in [-0.4, -0.2) is 43.2 Å². The molecular formula is C23H21N7.